The van der Waals surface area contributed by atoms with E-state index in [-0.39, 0.29) is 33.4 Å². The van der Waals surface area contributed by atoms with Crippen LogP contribution in [0.25, 0.3) is 0 Å². The number of amides is 1. The molecule has 1 fully saturated rings. The predicted octanol–water partition coefficient (Wildman–Crippen LogP) is 3.84. The molecule has 25 heavy (non-hydrogen) atoms. The third-order valence-electron chi connectivity index (χ3n) is 4.42. The van der Waals surface area contributed by atoms with Crippen LogP contribution in [0, 0.1) is 0 Å². The molecule has 0 heterocycles. The quantitative estimate of drug-likeness (QED) is 0.807. The second kappa shape index (κ2) is 9.21. The van der Waals surface area contributed by atoms with E-state index in [0.717, 1.165) is 30.0 Å². The van der Waals surface area contributed by atoms with E-state index in [0.29, 0.717) is 0 Å². The molecule has 1 aliphatic rings. The van der Waals surface area contributed by atoms with Crippen molar-refractivity contribution in [2.24, 2.45) is 0 Å². The van der Waals surface area contributed by atoms with Gasteiger partial charge in [-0.15, -0.1) is 0 Å². The molecule has 1 saturated carbocycles. The van der Waals surface area contributed by atoms with Gasteiger partial charge in [0.15, 0.2) is 0 Å². The highest BCUT2D eigenvalue weighted by atomic mass is 35.5. The zero-order valence-corrected chi connectivity index (χ0v) is 16.6. The lowest BCUT2D eigenvalue weighted by Gasteiger charge is -2.23. The molecule has 0 saturated heterocycles. The Kier molecular flexibility index (Phi) is 7.55. The highest BCUT2D eigenvalue weighted by Gasteiger charge is 2.26. The topological polar surface area (TPSA) is 66.5 Å². The van der Waals surface area contributed by atoms with Crippen LogP contribution in [0.4, 0.5) is 0 Å². The molecule has 0 spiro atoms. The summed E-state index contributed by atoms with van der Waals surface area (Å²) in [5, 5.41) is 3.32. The zero-order valence-electron chi connectivity index (χ0n) is 14.3. The van der Waals surface area contributed by atoms with Gasteiger partial charge in [-0.2, -0.15) is 4.31 Å². The van der Waals surface area contributed by atoms with Crippen LogP contribution in [0.2, 0.25) is 10.0 Å². The first kappa shape index (κ1) is 20.5. The van der Waals surface area contributed by atoms with Crippen LogP contribution in [0.15, 0.2) is 23.1 Å². The van der Waals surface area contributed by atoms with Gasteiger partial charge in [0.1, 0.15) is 4.90 Å². The first-order valence-electron chi connectivity index (χ1n) is 8.51. The summed E-state index contributed by atoms with van der Waals surface area (Å²) in [4.78, 5) is 12.2. The van der Waals surface area contributed by atoms with Gasteiger partial charge in [-0.25, -0.2) is 8.42 Å². The number of nitrogens with zero attached hydrogens (tertiary/aromatic N) is 1. The lowest BCUT2D eigenvalue weighted by Crippen LogP contribution is -2.43. The molecule has 0 unspecified atom stereocenters. The van der Waals surface area contributed by atoms with Crippen molar-refractivity contribution >= 4 is 39.1 Å². The lowest BCUT2D eigenvalue weighted by atomic mass is 9.97. The maximum atomic E-state index is 12.6. The summed E-state index contributed by atoms with van der Waals surface area (Å²) in [6.07, 6.45) is 7.71. The Morgan fingerprint density at radius 1 is 1.16 bits per heavy atom. The van der Waals surface area contributed by atoms with Crippen LogP contribution < -0.4 is 5.32 Å². The van der Waals surface area contributed by atoms with Crippen LogP contribution in [0.3, 0.4) is 0 Å². The fourth-order valence-electron chi connectivity index (χ4n) is 3.00. The van der Waals surface area contributed by atoms with Gasteiger partial charge in [0, 0.05) is 18.1 Å². The minimum atomic E-state index is -3.88. The molecular formula is C17H24Cl2N2O3S. The monoisotopic (exact) mass is 406 g/mol. The zero-order chi connectivity index (χ0) is 18.4. The fraction of sp³-hybridized carbons (Fsp3) is 0.588. The fourth-order valence-corrected chi connectivity index (χ4v) is 4.86. The van der Waals surface area contributed by atoms with Gasteiger partial charge in [0.05, 0.1) is 11.6 Å². The van der Waals surface area contributed by atoms with Crippen molar-refractivity contribution in [1.82, 2.24) is 9.62 Å². The maximum Gasteiger partial charge on any atom is 0.244 e. The van der Waals surface area contributed by atoms with E-state index in [1.807, 2.05) is 0 Å². The Morgan fingerprint density at radius 2 is 1.76 bits per heavy atom. The number of benzene rings is 1. The van der Waals surface area contributed by atoms with Crippen molar-refractivity contribution in [2.45, 2.75) is 55.9 Å². The summed E-state index contributed by atoms with van der Waals surface area (Å²) < 4.78 is 26.3. The Labute approximate surface area is 159 Å². The standard InChI is InChI=1S/C17H24Cl2N2O3S/c1-21(25(23,24)16-11-13(18)9-10-15(16)19)12-17(22)20-14-7-5-3-2-4-6-8-14/h9-11,14H,2-8,12H2,1H3,(H,20,22). The summed E-state index contributed by atoms with van der Waals surface area (Å²) in [5.74, 6) is -0.296. The normalized spacial score (nSPS) is 17.1. The van der Waals surface area contributed by atoms with Crippen LogP contribution in [0.5, 0.6) is 0 Å². The summed E-state index contributed by atoms with van der Waals surface area (Å²) in [5.41, 5.74) is 0. The van der Waals surface area contributed by atoms with E-state index >= 15 is 0 Å². The number of sulfonamides is 1. The van der Waals surface area contributed by atoms with Crippen molar-refractivity contribution in [1.29, 1.82) is 0 Å². The molecule has 0 bridgehead atoms. The van der Waals surface area contributed by atoms with Gasteiger partial charge in [-0.1, -0.05) is 55.3 Å². The molecule has 1 aliphatic carbocycles. The average molecular weight is 407 g/mol. The Balaban J connectivity index is 2.00. The molecule has 0 atom stereocenters. The van der Waals surface area contributed by atoms with Gasteiger partial charge in [-0.3, -0.25) is 4.79 Å². The highest BCUT2D eigenvalue weighted by molar-refractivity contribution is 7.89. The van der Waals surface area contributed by atoms with E-state index in [1.54, 1.807) is 0 Å². The van der Waals surface area contributed by atoms with Crippen LogP contribution >= 0.6 is 23.2 Å². The molecule has 1 aromatic rings. The number of carbonyl (C=O) groups is 1. The SMILES string of the molecule is CN(CC(=O)NC1CCCCCCC1)S(=O)(=O)c1cc(Cl)ccc1Cl. The number of halogens is 2. The highest BCUT2D eigenvalue weighted by Crippen LogP contribution is 2.27. The van der Waals surface area contributed by atoms with Gasteiger partial charge >= 0.3 is 0 Å². The van der Waals surface area contributed by atoms with E-state index in [4.69, 9.17) is 23.2 Å². The second-order valence-corrected chi connectivity index (χ2v) is 9.30. The molecule has 1 aromatic carbocycles. The molecule has 2 rings (SSSR count). The van der Waals surface area contributed by atoms with Crippen molar-refractivity contribution in [3.05, 3.63) is 28.2 Å². The molecule has 5 nitrogen and oxygen atoms in total. The van der Waals surface area contributed by atoms with Gasteiger partial charge in [0.2, 0.25) is 15.9 Å². The van der Waals surface area contributed by atoms with E-state index in [2.05, 4.69) is 5.32 Å². The first-order chi connectivity index (χ1) is 11.8. The third-order valence-corrected chi connectivity index (χ3v) is 6.94. The molecule has 1 amide bonds. The average Bonchev–Trinajstić information content (AvgIpc) is 2.52. The number of hydrogen-bond acceptors (Lipinski definition) is 3. The van der Waals surface area contributed by atoms with E-state index in [9.17, 15) is 13.2 Å². The molecule has 140 valence electrons. The largest absolute Gasteiger partial charge is 0.352 e. The van der Waals surface area contributed by atoms with Crippen LogP contribution in [0.1, 0.15) is 44.9 Å². The molecule has 0 aliphatic heterocycles. The number of hydrogen-bond donors (Lipinski definition) is 1. The Morgan fingerprint density at radius 3 is 2.40 bits per heavy atom. The Bertz CT molecular complexity index is 702. The lowest BCUT2D eigenvalue weighted by molar-refractivity contribution is -0.121. The minimum Gasteiger partial charge on any atom is -0.352 e. The molecule has 8 heteroatoms. The first-order valence-corrected chi connectivity index (χ1v) is 10.7. The summed E-state index contributed by atoms with van der Waals surface area (Å²) >= 11 is 11.9. The van der Waals surface area contributed by atoms with Crippen molar-refractivity contribution < 1.29 is 13.2 Å². The van der Waals surface area contributed by atoms with Crippen molar-refractivity contribution in [3.8, 4) is 0 Å². The van der Waals surface area contributed by atoms with Gasteiger partial charge in [0.25, 0.3) is 0 Å². The van der Waals surface area contributed by atoms with Gasteiger partial charge < -0.3 is 5.32 Å². The summed E-state index contributed by atoms with van der Waals surface area (Å²) in [6, 6.07) is 4.37. The van der Waals surface area contributed by atoms with E-state index in [1.165, 1.54) is 44.5 Å². The van der Waals surface area contributed by atoms with Crippen LogP contribution in [-0.4, -0.2) is 38.3 Å². The second-order valence-electron chi connectivity index (χ2n) is 6.45. The third kappa shape index (κ3) is 5.84. The predicted molar refractivity (Wildman–Crippen MR) is 101 cm³/mol. The summed E-state index contributed by atoms with van der Waals surface area (Å²) in [6.45, 7) is -0.248. The number of likely N-dealkylation sites (N-methyl/N-ethyl adjacent to an activating group) is 1. The van der Waals surface area contributed by atoms with Crippen molar-refractivity contribution in [2.75, 3.05) is 13.6 Å². The smallest absolute Gasteiger partial charge is 0.244 e. The molecule has 1 N–H and O–H groups in total. The summed E-state index contributed by atoms with van der Waals surface area (Å²) in [7, 11) is -2.52. The molecule has 0 aromatic heterocycles. The van der Waals surface area contributed by atoms with Crippen LogP contribution in [-0.2, 0) is 14.8 Å². The molecule has 0 radical (unpaired) electrons. The molecular weight excluding hydrogens is 383 g/mol. The minimum absolute atomic E-state index is 0.0803. The van der Waals surface area contributed by atoms with Crippen molar-refractivity contribution in [3.63, 3.8) is 0 Å². The number of carbonyl (C=O) groups excluding carboxylic acids is 1. The Hall–Kier alpha value is -0.820. The number of rotatable bonds is 5. The van der Waals surface area contributed by atoms with E-state index < -0.39 is 10.0 Å². The number of nitrogens with one attached hydrogen (secondary N) is 1. The van der Waals surface area contributed by atoms with Gasteiger partial charge in [-0.05, 0) is 31.0 Å². The maximum absolute atomic E-state index is 12.6.